The Hall–Kier alpha value is -3.14. The lowest BCUT2D eigenvalue weighted by atomic mass is 9.76. The first kappa shape index (κ1) is 14.5. The summed E-state index contributed by atoms with van der Waals surface area (Å²) < 4.78 is 11.2. The van der Waals surface area contributed by atoms with E-state index in [0.29, 0.717) is 11.5 Å². The molecule has 0 unspecified atom stereocenters. The van der Waals surface area contributed by atoms with E-state index in [2.05, 4.69) is 5.18 Å². The van der Waals surface area contributed by atoms with Gasteiger partial charge in [-0.1, -0.05) is 48.5 Å². The van der Waals surface area contributed by atoms with Gasteiger partial charge in [-0.3, -0.25) is 0 Å². The standard InChI is InChI=1S/C20H15NO3/c1-23-15-12-10-14(11-13-15)20(21-22)16-6-2-4-8-18(16)24-19-9-5-3-7-17(19)20/h2-13H,1H3. The molecular formula is C20H15NO3. The monoisotopic (exact) mass is 317 g/mol. The Morgan fingerprint density at radius 2 is 1.38 bits per heavy atom. The van der Waals surface area contributed by atoms with Gasteiger partial charge >= 0.3 is 0 Å². The van der Waals surface area contributed by atoms with Crippen LogP contribution in [0.1, 0.15) is 16.7 Å². The zero-order valence-electron chi connectivity index (χ0n) is 13.1. The zero-order valence-corrected chi connectivity index (χ0v) is 13.1. The predicted molar refractivity (Wildman–Crippen MR) is 91.6 cm³/mol. The molecule has 0 amide bonds. The Morgan fingerprint density at radius 3 is 1.88 bits per heavy atom. The first-order valence-corrected chi connectivity index (χ1v) is 7.65. The number of nitroso groups, excluding NO2 is 1. The summed E-state index contributed by atoms with van der Waals surface area (Å²) >= 11 is 0. The van der Waals surface area contributed by atoms with Gasteiger partial charge in [0.05, 0.1) is 7.11 Å². The molecule has 0 radical (unpaired) electrons. The lowest BCUT2D eigenvalue weighted by Crippen LogP contribution is -2.30. The van der Waals surface area contributed by atoms with Gasteiger partial charge in [0, 0.05) is 11.1 Å². The molecule has 4 rings (SSSR count). The summed E-state index contributed by atoms with van der Waals surface area (Å²) in [5.74, 6) is 2.02. The van der Waals surface area contributed by atoms with Crippen molar-refractivity contribution >= 4 is 0 Å². The van der Waals surface area contributed by atoms with Crippen LogP contribution < -0.4 is 9.47 Å². The quantitative estimate of drug-likeness (QED) is 0.648. The highest BCUT2D eigenvalue weighted by Crippen LogP contribution is 2.52. The molecule has 24 heavy (non-hydrogen) atoms. The summed E-state index contributed by atoms with van der Waals surface area (Å²) in [5.41, 5.74) is 1.12. The van der Waals surface area contributed by atoms with Crippen LogP contribution in [0.4, 0.5) is 0 Å². The number of benzene rings is 3. The first-order valence-electron chi connectivity index (χ1n) is 7.65. The highest BCUT2D eigenvalue weighted by molar-refractivity contribution is 5.62. The molecule has 118 valence electrons. The van der Waals surface area contributed by atoms with E-state index in [9.17, 15) is 4.91 Å². The third kappa shape index (κ3) is 1.93. The maximum Gasteiger partial charge on any atom is 0.185 e. The average Bonchev–Trinajstić information content (AvgIpc) is 2.66. The number of methoxy groups -OCH3 is 1. The van der Waals surface area contributed by atoms with E-state index in [1.165, 1.54) is 0 Å². The maximum absolute atomic E-state index is 12.2. The molecule has 1 aliphatic heterocycles. The number of nitrogens with zero attached hydrogens (tertiary/aromatic N) is 1. The van der Waals surface area contributed by atoms with Crippen molar-refractivity contribution in [2.45, 2.75) is 5.54 Å². The molecule has 3 aromatic carbocycles. The van der Waals surface area contributed by atoms with Crippen molar-refractivity contribution in [1.29, 1.82) is 0 Å². The summed E-state index contributed by atoms with van der Waals surface area (Å²) in [6.07, 6.45) is 0. The van der Waals surface area contributed by atoms with Crippen molar-refractivity contribution in [3.05, 3.63) is 94.4 Å². The van der Waals surface area contributed by atoms with Crippen LogP contribution in [0.2, 0.25) is 0 Å². The minimum absolute atomic E-state index is 0.645. The van der Waals surface area contributed by atoms with Gasteiger partial charge in [-0.2, -0.15) is 0 Å². The smallest absolute Gasteiger partial charge is 0.185 e. The number of rotatable bonds is 3. The van der Waals surface area contributed by atoms with E-state index >= 15 is 0 Å². The Morgan fingerprint density at radius 1 is 0.833 bits per heavy atom. The normalized spacial score (nSPS) is 14.0. The predicted octanol–water partition coefficient (Wildman–Crippen LogP) is 4.86. The molecule has 0 fully saturated rings. The Labute approximate surface area is 139 Å². The third-order valence-electron chi connectivity index (χ3n) is 4.42. The highest BCUT2D eigenvalue weighted by Gasteiger charge is 2.45. The molecular weight excluding hydrogens is 302 g/mol. The number of hydrogen-bond donors (Lipinski definition) is 0. The molecule has 4 nitrogen and oxygen atoms in total. The SMILES string of the molecule is COc1ccc(C2(N=O)c3ccccc3Oc3ccccc32)cc1. The van der Waals surface area contributed by atoms with E-state index < -0.39 is 5.54 Å². The van der Waals surface area contributed by atoms with E-state index in [1.54, 1.807) is 7.11 Å². The molecule has 0 aromatic heterocycles. The maximum atomic E-state index is 12.2. The second kappa shape index (κ2) is 5.49. The Bertz CT molecular complexity index is 857. The molecule has 0 atom stereocenters. The Kier molecular flexibility index (Phi) is 3.31. The van der Waals surface area contributed by atoms with Crippen molar-refractivity contribution < 1.29 is 9.47 Å². The van der Waals surface area contributed by atoms with Crippen LogP contribution in [-0.2, 0) is 5.54 Å². The van der Waals surface area contributed by atoms with Crippen molar-refractivity contribution in [1.82, 2.24) is 0 Å². The van der Waals surface area contributed by atoms with Gasteiger partial charge in [0.1, 0.15) is 17.2 Å². The van der Waals surface area contributed by atoms with Gasteiger partial charge in [-0.15, -0.1) is 4.91 Å². The molecule has 0 aliphatic carbocycles. The molecule has 3 aromatic rings. The van der Waals surface area contributed by atoms with Gasteiger partial charge in [-0.05, 0) is 35.0 Å². The van der Waals surface area contributed by atoms with Crippen molar-refractivity contribution in [3.63, 3.8) is 0 Å². The summed E-state index contributed by atoms with van der Waals surface area (Å²) in [5, 5.41) is 3.62. The molecule has 0 spiro atoms. The molecule has 0 N–H and O–H groups in total. The van der Waals surface area contributed by atoms with Gasteiger partial charge in [0.2, 0.25) is 0 Å². The van der Waals surface area contributed by atoms with Gasteiger partial charge < -0.3 is 9.47 Å². The minimum Gasteiger partial charge on any atom is -0.497 e. The summed E-state index contributed by atoms with van der Waals surface area (Å²) in [7, 11) is 1.61. The number of para-hydroxylation sites is 2. The second-order valence-corrected chi connectivity index (χ2v) is 5.62. The van der Waals surface area contributed by atoms with Crippen LogP contribution in [0.5, 0.6) is 17.2 Å². The molecule has 0 bridgehead atoms. The number of ether oxygens (including phenoxy) is 2. The highest BCUT2D eigenvalue weighted by atomic mass is 16.5. The fourth-order valence-electron chi connectivity index (χ4n) is 3.27. The fourth-order valence-corrected chi connectivity index (χ4v) is 3.27. The van der Waals surface area contributed by atoms with Crippen LogP contribution in [-0.4, -0.2) is 7.11 Å². The Balaban J connectivity index is 2.04. The second-order valence-electron chi connectivity index (χ2n) is 5.62. The van der Waals surface area contributed by atoms with Crippen molar-refractivity contribution in [2.24, 2.45) is 5.18 Å². The van der Waals surface area contributed by atoms with E-state index in [4.69, 9.17) is 9.47 Å². The van der Waals surface area contributed by atoms with Gasteiger partial charge in [0.25, 0.3) is 0 Å². The number of fused-ring (bicyclic) bond motifs is 2. The van der Waals surface area contributed by atoms with Crippen LogP contribution in [0.25, 0.3) is 0 Å². The molecule has 0 saturated carbocycles. The van der Waals surface area contributed by atoms with E-state index in [-0.39, 0.29) is 0 Å². The van der Waals surface area contributed by atoms with Gasteiger partial charge in [0.15, 0.2) is 5.54 Å². The number of hydrogen-bond acceptors (Lipinski definition) is 4. The minimum atomic E-state index is -1.14. The third-order valence-corrected chi connectivity index (χ3v) is 4.42. The van der Waals surface area contributed by atoms with Crippen LogP contribution in [0.3, 0.4) is 0 Å². The lowest BCUT2D eigenvalue weighted by molar-refractivity contribution is 0.412. The fraction of sp³-hybridized carbons (Fsp3) is 0.100. The topological polar surface area (TPSA) is 47.9 Å². The van der Waals surface area contributed by atoms with Crippen LogP contribution in [0, 0.1) is 4.91 Å². The molecule has 4 heteroatoms. The lowest BCUT2D eigenvalue weighted by Gasteiger charge is -2.34. The average molecular weight is 317 g/mol. The first-order chi connectivity index (χ1) is 11.8. The van der Waals surface area contributed by atoms with Crippen molar-refractivity contribution in [3.8, 4) is 17.2 Å². The molecule has 1 aliphatic rings. The van der Waals surface area contributed by atoms with Crippen LogP contribution in [0.15, 0.2) is 78.0 Å². The van der Waals surface area contributed by atoms with Crippen molar-refractivity contribution in [2.75, 3.05) is 7.11 Å². The molecule has 1 heterocycles. The molecule has 0 saturated heterocycles. The van der Waals surface area contributed by atoms with E-state index in [0.717, 1.165) is 22.4 Å². The van der Waals surface area contributed by atoms with Crippen LogP contribution >= 0.6 is 0 Å². The van der Waals surface area contributed by atoms with Gasteiger partial charge in [-0.25, -0.2) is 0 Å². The van der Waals surface area contributed by atoms with E-state index in [1.807, 2.05) is 72.8 Å². The largest absolute Gasteiger partial charge is 0.497 e. The zero-order chi connectivity index (χ0) is 16.6. The summed E-state index contributed by atoms with van der Waals surface area (Å²) in [6.45, 7) is 0. The summed E-state index contributed by atoms with van der Waals surface area (Å²) in [4.78, 5) is 12.2. The summed E-state index contributed by atoms with van der Waals surface area (Å²) in [6, 6.07) is 22.5.